The van der Waals surface area contributed by atoms with E-state index in [0.29, 0.717) is 5.69 Å². The molecule has 2 rings (SSSR count). The number of aromatic nitrogens is 2. The molecule has 0 spiro atoms. The first-order chi connectivity index (χ1) is 10.2. The molecule has 2 aromatic rings. The number of amides is 1. The normalized spacial score (nSPS) is 11.6. The summed E-state index contributed by atoms with van der Waals surface area (Å²) in [4.78, 5) is 23.2. The number of nitrogens with zero attached hydrogens (tertiary/aromatic N) is 2. The van der Waals surface area contributed by atoms with E-state index < -0.39 is 11.5 Å². The van der Waals surface area contributed by atoms with Crippen molar-refractivity contribution in [2.45, 2.75) is 39.3 Å². The third kappa shape index (κ3) is 4.07. The molecule has 1 amide bonds. The molecule has 0 aliphatic heterocycles. The standard InChI is InChI=1S/C15H18BrN3O3/c1-15(2,3)22-14(21)8-19-12-5-4-9(16)6-10(12)11(18-19)7-13(17)20/h4-6H,7-8H2,1-3H3,(H2,17,20). The summed E-state index contributed by atoms with van der Waals surface area (Å²) < 4.78 is 7.70. The van der Waals surface area contributed by atoms with Gasteiger partial charge in [-0.1, -0.05) is 15.9 Å². The Labute approximate surface area is 136 Å². The van der Waals surface area contributed by atoms with Gasteiger partial charge in [0.05, 0.1) is 17.6 Å². The van der Waals surface area contributed by atoms with E-state index in [1.807, 2.05) is 39.0 Å². The van der Waals surface area contributed by atoms with Crippen molar-refractivity contribution in [3.63, 3.8) is 0 Å². The molecule has 0 aliphatic rings. The molecule has 6 nitrogen and oxygen atoms in total. The minimum Gasteiger partial charge on any atom is -0.459 e. The lowest BCUT2D eigenvalue weighted by molar-refractivity contribution is -0.155. The van der Waals surface area contributed by atoms with E-state index in [0.717, 1.165) is 15.4 Å². The molecule has 1 aromatic carbocycles. The van der Waals surface area contributed by atoms with Gasteiger partial charge in [-0.3, -0.25) is 14.3 Å². The van der Waals surface area contributed by atoms with E-state index >= 15 is 0 Å². The molecule has 1 aromatic heterocycles. The fourth-order valence-corrected chi connectivity index (χ4v) is 2.49. The van der Waals surface area contributed by atoms with E-state index in [1.165, 1.54) is 4.68 Å². The maximum atomic E-state index is 12.0. The second kappa shape index (κ2) is 6.08. The predicted molar refractivity (Wildman–Crippen MR) is 86.2 cm³/mol. The predicted octanol–water partition coefficient (Wildman–Crippen LogP) is 2.17. The van der Waals surface area contributed by atoms with Gasteiger partial charge in [0.15, 0.2) is 0 Å². The fraction of sp³-hybridized carbons (Fsp3) is 0.400. The highest BCUT2D eigenvalue weighted by atomic mass is 79.9. The summed E-state index contributed by atoms with van der Waals surface area (Å²) in [6, 6.07) is 5.54. The van der Waals surface area contributed by atoms with Gasteiger partial charge < -0.3 is 10.5 Å². The van der Waals surface area contributed by atoms with E-state index in [1.54, 1.807) is 0 Å². The van der Waals surface area contributed by atoms with Crippen LogP contribution in [0.15, 0.2) is 22.7 Å². The monoisotopic (exact) mass is 367 g/mol. The first kappa shape index (κ1) is 16.5. The molecule has 118 valence electrons. The van der Waals surface area contributed by atoms with Crippen molar-refractivity contribution in [3.05, 3.63) is 28.4 Å². The van der Waals surface area contributed by atoms with Crippen LogP contribution in [0.4, 0.5) is 0 Å². The summed E-state index contributed by atoms with van der Waals surface area (Å²) in [5.74, 6) is -0.853. The first-order valence-corrected chi connectivity index (χ1v) is 7.60. The average Bonchev–Trinajstić information content (AvgIpc) is 2.63. The molecule has 0 aliphatic carbocycles. The molecule has 0 bridgehead atoms. The van der Waals surface area contributed by atoms with Gasteiger partial charge in [0, 0.05) is 9.86 Å². The van der Waals surface area contributed by atoms with Crippen LogP contribution in [0.5, 0.6) is 0 Å². The van der Waals surface area contributed by atoms with Crippen LogP contribution in [-0.4, -0.2) is 27.3 Å². The van der Waals surface area contributed by atoms with Crippen molar-refractivity contribution < 1.29 is 14.3 Å². The minimum absolute atomic E-state index is 0.0197. The molecule has 0 atom stereocenters. The summed E-state index contributed by atoms with van der Waals surface area (Å²) in [6.45, 7) is 5.40. The molecule has 0 radical (unpaired) electrons. The summed E-state index contributed by atoms with van der Waals surface area (Å²) in [7, 11) is 0. The largest absolute Gasteiger partial charge is 0.459 e. The number of rotatable bonds is 4. The summed E-state index contributed by atoms with van der Waals surface area (Å²) in [5.41, 5.74) is 6.00. The number of nitrogens with two attached hydrogens (primary N) is 1. The van der Waals surface area contributed by atoms with Crippen molar-refractivity contribution in [1.82, 2.24) is 9.78 Å². The summed E-state index contributed by atoms with van der Waals surface area (Å²) in [6.07, 6.45) is 0.0221. The van der Waals surface area contributed by atoms with Crippen molar-refractivity contribution in [2.24, 2.45) is 5.73 Å². The third-order valence-corrected chi connectivity index (χ3v) is 3.32. The van der Waals surface area contributed by atoms with Gasteiger partial charge >= 0.3 is 5.97 Å². The van der Waals surface area contributed by atoms with Gasteiger partial charge in [-0.05, 0) is 39.0 Å². The van der Waals surface area contributed by atoms with Crippen molar-refractivity contribution in [2.75, 3.05) is 0 Å². The molecule has 0 saturated carbocycles. The first-order valence-electron chi connectivity index (χ1n) is 6.81. The molecule has 22 heavy (non-hydrogen) atoms. The van der Waals surface area contributed by atoms with E-state index in [2.05, 4.69) is 21.0 Å². The van der Waals surface area contributed by atoms with Crippen LogP contribution in [0.1, 0.15) is 26.5 Å². The van der Waals surface area contributed by atoms with Crippen LogP contribution in [0.25, 0.3) is 10.9 Å². The molecule has 1 heterocycles. The van der Waals surface area contributed by atoms with Gasteiger partial charge in [-0.15, -0.1) is 0 Å². The Morgan fingerprint density at radius 3 is 2.64 bits per heavy atom. The lowest BCUT2D eigenvalue weighted by atomic mass is 10.1. The SMILES string of the molecule is CC(C)(C)OC(=O)Cn1nc(CC(N)=O)c2cc(Br)ccc21. The second-order valence-corrected chi connectivity index (χ2v) is 6.91. The lowest BCUT2D eigenvalue weighted by Crippen LogP contribution is -2.26. The van der Waals surface area contributed by atoms with Crippen LogP contribution in [-0.2, 0) is 27.3 Å². The number of hydrogen-bond donors (Lipinski definition) is 1. The quantitative estimate of drug-likeness (QED) is 0.838. The van der Waals surface area contributed by atoms with Crippen molar-refractivity contribution in [1.29, 1.82) is 0 Å². The molecule has 0 fully saturated rings. The smallest absolute Gasteiger partial charge is 0.328 e. The van der Waals surface area contributed by atoms with E-state index in [4.69, 9.17) is 10.5 Å². The highest BCUT2D eigenvalue weighted by molar-refractivity contribution is 9.10. The van der Waals surface area contributed by atoms with E-state index in [9.17, 15) is 9.59 Å². The Morgan fingerprint density at radius 1 is 1.36 bits per heavy atom. The lowest BCUT2D eigenvalue weighted by Gasteiger charge is -2.19. The average molecular weight is 368 g/mol. The van der Waals surface area contributed by atoms with Gasteiger partial charge in [-0.2, -0.15) is 5.10 Å². The Balaban J connectivity index is 2.37. The zero-order chi connectivity index (χ0) is 16.5. The molecule has 0 unspecified atom stereocenters. The van der Waals surface area contributed by atoms with Crippen molar-refractivity contribution in [3.8, 4) is 0 Å². The number of carbonyl (C=O) groups is 2. The molecular weight excluding hydrogens is 350 g/mol. The van der Waals surface area contributed by atoms with Gasteiger partial charge in [0.25, 0.3) is 0 Å². The molecule has 0 saturated heterocycles. The van der Waals surface area contributed by atoms with Crippen molar-refractivity contribution >= 4 is 38.7 Å². The minimum atomic E-state index is -0.556. The van der Waals surface area contributed by atoms with Gasteiger partial charge in [0.2, 0.25) is 5.91 Å². The molecule has 2 N–H and O–H groups in total. The number of primary amides is 1. The molecular formula is C15H18BrN3O3. The highest BCUT2D eigenvalue weighted by Crippen LogP contribution is 2.24. The number of hydrogen-bond acceptors (Lipinski definition) is 4. The topological polar surface area (TPSA) is 87.2 Å². The fourth-order valence-electron chi connectivity index (χ4n) is 2.13. The van der Waals surface area contributed by atoms with Crippen LogP contribution < -0.4 is 5.73 Å². The van der Waals surface area contributed by atoms with Crippen LogP contribution in [0.2, 0.25) is 0 Å². The third-order valence-electron chi connectivity index (χ3n) is 2.83. The number of fused-ring (bicyclic) bond motifs is 1. The molecule has 7 heteroatoms. The zero-order valence-corrected chi connectivity index (χ0v) is 14.3. The number of esters is 1. The number of halogens is 1. The van der Waals surface area contributed by atoms with Crippen LogP contribution in [0.3, 0.4) is 0 Å². The second-order valence-electron chi connectivity index (χ2n) is 6.00. The van der Waals surface area contributed by atoms with E-state index in [-0.39, 0.29) is 18.9 Å². The Kier molecular flexibility index (Phi) is 4.55. The number of benzene rings is 1. The highest BCUT2D eigenvalue weighted by Gasteiger charge is 2.19. The Bertz CT molecular complexity index is 731. The number of ether oxygens (including phenoxy) is 1. The maximum absolute atomic E-state index is 12.0. The van der Waals surface area contributed by atoms with Crippen LogP contribution >= 0.6 is 15.9 Å². The zero-order valence-electron chi connectivity index (χ0n) is 12.7. The van der Waals surface area contributed by atoms with Crippen LogP contribution in [0, 0.1) is 0 Å². The van der Waals surface area contributed by atoms with Gasteiger partial charge in [-0.25, -0.2) is 0 Å². The maximum Gasteiger partial charge on any atom is 0.328 e. The van der Waals surface area contributed by atoms with Gasteiger partial charge in [0.1, 0.15) is 12.1 Å². The number of carbonyl (C=O) groups excluding carboxylic acids is 2. The Hall–Kier alpha value is -1.89. The summed E-state index contributed by atoms with van der Waals surface area (Å²) >= 11 is 3.39. The summed E-state index contributed by atoms with van der Waals surface area (Å²) in [5, 5.41) is 5.12. The Morgan fingerprint density at radius 2 is 2.05 bits per heavy atom.